The molecule has 2 aromatic rings. The maximum atomic E-state index is 6.23. The second-order valence-corrected chi connectivity index (χ2v) is 5.64. The van der Waals surface area contributed by atoms with Crippen molar-refractivity contribution >= 4 is 34.2 Å². The number of para-hydroxylation sites is 1. The van der Waals surface area contributed by atoms with E-state index in [-0.39, 0.29) is 5.38 Å². The van der Waals surface area contributed by atoms with Crippen LogP contribution in [0.5, 0.6) is 0 Å². The summed E-state index contributed by atoms with van der Waals surface area (Å²) in [6, 6.07) is 7.83. The summed E-state index contributed by atoms with van der Waals surface area (Å²) in [6.07, 6.45) is 1.79. The van der Waals surface area contributed by atoms with E-state index in [0.29, 0.717) is 10.9 Å². The molecule has 0 spiro atoms. The van der Waals surface area contributed by atoms with Crippen molar-refractivity contribution in [3.05, 3.63) is 35.0 Å². The number of aryl methyl sites for hydroxylation is 1. The fourth-order valence-corrected chi connectivity index (χ4v) is 2.15. The molecule has 1 atom stereocenters. The number of halogens is 2. The Labute approximate surface area is 112 Å². The molecule has 0 saturated carbocycles. The van der Waals surface area contributed by atoms with E-state index in [1.54, 1.807) is 0 Å². The molecule has 92 valence electrons. The Hall–Kier alpha value is -0.660. The summed E-state index contributed by atoms with van der Waals surface area (Å²) >= 11 is 12.3. The second-order valence-electron chi connectivity index (χ2n) is 4.67. The number of furan rings is 1. The minimum absolute atomic E-state index is 0.193. The van der Waals surface area contributed by atoms with Crippen LogP contribution in [-0.2, 0) is 6.42 Å². The molecule has 0 aliphatic heterocycles. The van der Waals surface area contributed by atoms with Crippen molar-refractivity contribution in [2.45, 2.75) is 32.1 Å². The number of fused-ring (bicyclic) bond motifs is 1. The summed E-state index contributed by atoms with van der Waals surface area (Å²) in [7, 11) is 0. The molecule has 2 rings (SSSR count). The van der Waals surface area contributed by atoms with Gasteiger partial charge in [0, 0.05) is 17.2 Å². The molecule has 1 heterocycles. The van der Waals surface area contributed by atoms with Gasteiger partial charge in [-0.25, -0.2) is 0 Å². The number of alkyl halides is 1. The molecule has 0 radical (unpaired) electrons. The lowest BCUT2D eigenvalue weighted by Gasteiger charge is -2.11. The van der Waals surface area contributed by atoms with Gasteiger partial charge < -0.3 is 4.42 Å². The van der Waals surface area contributed by atoms with Crippen molar-refractivity contribution in [1.82, 2.24) is 0 Å². The minimum atomic E-state index is 0.193. The van der Waals surface area contributed by atoms with Crippen molar-refractivity contribution in [2.75, 3.05) is 0 Å². The summed E-state index contributed by atoms with van der Waals surface area (Å²) in [5, 5.41) is 1.92. The predicted octanol–water partition coefficient (Wildman–Crippen LogP) is 5.28. The van der Waals surface area contributed by atoms with Crippen LogP contribution in [0.2, 0.25) is 5.02 Å². The van der Waals surface area contributed by atoms with E-state index >= 15 is 0 Å². The van der Waals surface area contributed by atoms with Gasteiger partial charge in [0.1, 0.15) is 5.76 Å². The first-order chi connectivity index (χ1) is 8.08. The number of rotatable bonds is 4. The molecule has 0 N–H and O–H groups in total. The van der Waals surface area contributed by atoms with Crippen LogP contribution in [0.4, 0.5) is 0 Å². The van der Waals surface area contributed by atoms with Gasteiger partial charge in [0.15, 0.2) is 5.58 Å². The normalized spacial score (nSPS) is 13.5. The monoisotopic (exact) mass is 270 g/mol. The van der Waals surface area contributed by atoms with E-state index < -0.39 is 0 Å². The van der Waals surface area contributed by atoms with Crippen LogP contribution in [0.3, 0.4) is 0 Å². The van der Waals surface area contributed by atoms with Crippen LogP contribution in [-0.4, -0.2) is 5.38 Å². The fraction of sp³-hybridized carbons (Fsp3) is 0.429. The van der Waals surface area contributed by atoms with Gasteiger partial charge in [0.2, 0.25) is 0 Å². The van der Waals surface area contributed by atoms with E-state index in [9.17, 15) is 0 Å². The molecule has 0 amide bonds. The molecule has 1 unspecified atom stereocenters. The van der Waals surface area contributed by atoms with Crippen molar-refractivity contribution in [3.63, 3.8) is 0 Å². The van der Waals surface area contributed by atoms with Crippen molar-refractivity contribution in [2.24, 2.45) is 5.92 Å². The van der Waals surface area contributed by atoms with Gasteiger partial charge in [-0.2, -0.15) is 0 Å². The highest BCUT2D eigenvalue weighted by atomic mass is 35.5. The van der Waals surface area contributed by atoms with Gasteiger partial charge >= 0.3 is 0 Å². The second kappa shape index (κ2) is 5.32. The third-order valence-electron chi connectivity index (χ3n) is 2.94. The molecular formula is C14H16Cl2O. The molecule has 0 bridgehead atoms. The van der Waals surface area contributed by atoms with Crippen molar-refractivity contribution in [3.8, 4) is 0 Å². The van der Waals surface area contributed by atoms with E-state index in [1.165, 1.54) is 0 Å². The lowest BCUT2D eigenvalue weighted by Crippen LogP contribution is -2.08. The first kappa shape index (κ1) is 12.8. The molecule has 1 aromatic heterocycles. The summed E-state index contributed by atoms with van der Waals surface area (Å²) in [4.78, 5) is 0. The smallest absolute Gasteiger partial charge is 0.152 e. The van der Waals surface area contributed by atoms with Crippen LogP contribution >= 0.6 is 23.2 Å². The Morgan fingerprint density at radius 1 is 1.29 bits per heavy atom. The first-order valence-corrected chi connectivity index (χ1v) is 6.70. The Balaban J connectivity index is 2.12. The zero-order chi connectivity index (χ0) is 12.4. The highest BCUT2D eigenvalue weighted by Crippen LogP contribution is 2.28. The summed E-state index contributed by atoms with van der Waals surface area (Å²) in [6.45, 7) is 4.26. The van der Waals surface area contributed by atoms with Gasteiger partial charge in [-0.1, -0.05) is 37.6 Å². The van der Waals surface area contributed by atoms with Crippen LogP contribution in [0.15, 0.2) is 28.7 Å². The van der Waals surface area contributed by atoms with E-state index in [2.05, 4.69) is 13.8 Å². The Morgan fingerprint density at radius 3 is 2.71 bits per heavy atom. The van der Waals surface area contributed by atoms with Gasteiger partial charge in [0.25, 0.3) is 0 Å². The van der Waals surface area contributed by atoms with Gasteiger partial charge in [-0.15, -0.1) is 11.6 Å². The average Bonchev–Trinajstić information content (AvgIpc) is 2.70. The van der Waals surface area contributed by atoms with Crippen LogP contribution in [0.1, 0.15) is 26.0 Å². The van der Waals surface area contributed by atoms with E-state index in [4.69, 9.17) is 27.6 Å². The van der Waals surface area contributed by atoms with E-state index in [0.717, 1.165) is 29.6 Å². The van der Waals surface area contributed by atoms with E-state index in [1.807, 2.05) is 24.3 Å². The number of benzene rings is 1. The zero-order valence-electron chi connectivity index (χ0n) is 10.0. The highest BCUT2D eigenvalue weighted by molar-refractivity contribution is 6.34. The largest absolute Gasteiger partial charge is 0.460 e. The topological polar surface area (TPSA) is 13.1 Å². The average molecular weight is 271 g/mol. The van der Waals surface area contributed by atoms with Gasteiger partial charge in [-0.3, -0.25) is 0 Å². The molecule has 0 aliphatic rings. The van der Waals surface area contributed by atoms with Crippen LogP contribution < -0.4 is 0 Å². The number of hydrogen-bond acceptors (Lipinski definition) is 1. The molecule has 1 aromatic carbocycles. The molecule has 3 heteroatoms. The summed E-state index contributed by atoms with van der Waals surface area (Å²) in [5.41, 5.74) is 0.778. The molecule has 0 fully saturated rings. The SMILES string of the molecule is CC(C)C(Cl)CCc1cc2cccc(Cl)c2o1. The molecule has 0 aliphatic carbocycles. The maximum Gasteiger partial charge on any atom is 0.152 e. The van der Waals surface area contributed by atoms with Crippen LogP contribution in [0, 0.1) is 5.92 Å². The quantitative estimate of drug-likeness (QED) is 0.689. The zero-order valence-corrected chi connectivity index (χ0v) is 11.6. The third kappa shape index (κ3) is 2.97. The highest BCUT2D eigenvalue weighted by Gasteiger charge is 2.12. The molecule has 1 nitrogen and oxygen atoms in total. The van der Waals surface area contributed by atoms with Crippen molar-refractivity contribution in [1.29, 1.82) is 0 Å². The lowest BCUT2D eigenvalue weighted by molar-refractivity contribution is 0.504. The Morgan fingerprint density at radius 2 is 2.06 bits per heavy atom. The maximum absolute atomic E-state index is 6.23. The lowest BCUT2D eigenvalue weighted by atomic mass is 10.0. The molecule has 17 heavy (non-hydrogen) atoms. The Kier molecular flexibility index (Phi) is 4.01. The predicted molar refractivity (Wildman–Crippen MR) is 74.0 cm³/mol. The number of hydrogen-bond donors (Lipinski definition) is 0. The van der Waals surface area contributed by atoms with Crippen LogP contribution in [0.25, 0.3) is 11.0 Å². The standard InChI is InChI=1S/C14H16Cl2O/c1-9(2)12(15)7-6-11-8-10-4-3-5-13(16)14(10)17-11/h3-5,8-9,12H,6-7H2,1-2H3. The third-order valence-corrected chi connectivity index (χ3v) is 3.96. The summed E-state index contributed by atoms with van der Waals surface area (Å²) < 4.78 is 5.74. The van der Waals surface area contributed by atoms with Gasteiger partial charge in [0.05, 0.1) is 5.02 Å². The minimum Gasteiger partial charge on any atom is -0.460 e. The Bertz CT molecular complexity index is 502. The fourth-order valence-electron chi connectivity index (χ4n) is 1.82. The molecular weight excluding hydrogens is 255 g/mol. The first-order valence-electron chi connectivity index (χ1n) is 5.89. The molecule has 0 saturated heterocycles. The summed E-state index contributed by atoms with van der Waals surface area (Å²) in [5.74, 6) is 1.45. The van der Waals surface area contributed by atoms with Gasteiger partial charge in [-0.05, 0) is 24.5 Å². The van der Waals surface area contributed by atoms with Crippen molar-refractivity contribution < 1.29 is 4.42 Å².